The molecule has 0 fully saturated rings. The van der Waals surface area contributed by atoms with Crippen LogP contribution < -0.4 is 10.7 Å². The van der Waals surface area contributed by atoms with Crippen molar-refractivity contribution in [2.75, 3.05) is 18.4 Å². The molecule has 0 radical (unpaired) electrons. The molecule has 2 amide bonds. The molecule has 0 aliphatic carbocycles. The number of hydrogen-bond acceptors (Lipinski definition) is 7. The highest BCUT2D eigenvalue weighted by Gasteiger charge is 2.17. The number of thiophene rings is 1. The summed E-state index contributed by atoms with van der Waals surface area (Å²) >= 11 is 1.30. The lowest BCUT2D eigenvalue weighted by atomic mass is 10.1. The van der Waals surface area contributed by atoms with Gasteiger partial charge < -0.3 is 15.5 Å². The van der Waals surface area contributed by atoms with Crippen LogP contribution in [0.1, 0.15) is 51.3 Å². The first-order chi connectivity index (χ1) is 17.2. The highest BCUT2D eigenvalue weighted by molar-refractivity contribution is 7.08. The molecule has 0 saturated carbocycles. The van der Waals surface area contributed by atoms with E-state index in [-0.39, 0.29) is 5.91 Å². The first-order valence-electron chi connectivity index (χ1n) is 11.7. The number of hydrazone groups is 1. The Hall–Kier alpha value is -3.37. The Morgan fingerprint density at radius 2 is 1.75 bits per heavy atom. The monoisotopic (exact) mass is 508 g/mol. The lowest BCUT2D eigenvalue weighted by molar-refractivity contribution is 0.0793. The second-order valence-corrected chi connectivity index (χ2v) is 9.60. The summed E-state index contributed by atoms with van der Waals surface area (Å²) in [6.07, 6.45) is 0.485. The van der Waals surface area contributed by atoms with Crippen molar-refractivity contribution in [2.24, 2.45) is 5.10 Å². The molecule has 36 heavy (non-hydrogen) atoms. The quantitative estimate of drug-likeness (QED) is 0.233. The topological polar surface area (TPSA) is 114 Å². The molecule has 3 rings (SSSR count). The van der Waals surface area contributed by atoms with Crippen LogP contribution in [0.5, 0.6) is 0 Å². The maximum absolute atomic E-state index is 12.9. The third-order valence-electron chi connectivity index (χ3n) is 5.22. The number of aliphatic hydroxyl groups excluding tert-OH is 2. The largest absolute Gasteiger partial charge is 0.392 e. The molecule has 2 aromatic carbocycles. The highest BCUT2D eigenvalue weighted by Crippen LogP contribution is 2.22. The number of hydrogen-bond donors (Lipinski definition) is 4. The Labute approximate surface area is 215 Å². The normalized spacial score (nSPS) is 13.1. The Balaban J connectivity index is 1.65. The average molecular weight is 509 g/mol. The van der Waals surface area contributed by atoms with Crippen LogP contribution in [-0.4, -0.2) is 58.4 Å². The number of rotatable bonds is 11. The van der Waals surface area contributed by atoms with Crippen LogP contribution in [0.15, 0.2) is 64.4 Å². The van der Waals surface area contributed by atoms with Gasteiger partial charge >= 0.3 is 0 Å². The standard InChI is InChI=1S/C27H32N4O4S/c1-18-6-4-7-21(10-18)12-28-30-27(35)24-16-36-17-25(24)29-26(34)23-9-5-8-22(11-23)15-31(13-19(2)32)14-20(3)33/h4-12,16-17,19-20,32-33H,13-15H2,1-3H3,(H,29,34)(H,30,35)/b28-12+. The van der Waals surface area contributed by atoms with Crippen molar-refractivity contribution in [3.05, 3.63) is 87.1 Å². The molecule has 0 spiro atoms. The van der Waals surface area contributed by atoms with Gasteiger partial charge in [-0.15, -0.1) is 11.3 Å². The van der Waals surface area contributed by atoms with Gasteiger partial charge in [0.2, 0.25) is 0 Å². The lowest BCUT2D eigenvalue weighted by Gasteiger charge is -2.25. The molecule has 0 saturated heterocycles. The smallest absolute Gasteiger partial charge is 0.274 e. The predicted octanol–water partition coefficient (Wildman–Crippen LogP) is 3.64. The first-order valence-corrected chi connectivity index (χ1v) is 12.6. The van der Waals surface area contributed by atoms with E-state index in [1.807, 2.05) is 42.2 Å². The van der Waals surface area contributed by atoms with Crippen molar-refractivity contribution < 1.29 is 19.8 Å². The highest BCUT2D eigenvalue weighted by atomic mass is 32.1. The summed E-state index contributed by atoms with van der Waals surface area (Å²) in [5.41, 5.74) is 6.52. The van der Waals surface area contributed by atoms with E-state index in [1.54, 1.807) is 49.0 Å². The molecule has 4 N–H and O–H groups in total. The van der Waals surface area contributed by atoms with Gasteiger partial charge in [-0.2, -0.15) is 5.10 Å². The molecule has 9 heteroatoms. The summed E-state index contributed by atoms with van der Waals surface area (Å²) in [6, 6.07) is 14.9. The minimum absolute atomic E-state index is 0.325. The van der Waals surface area contributed by atoms with Crippen molar-refractivity contribution >= 4 is 35.1 Å². The third-order valence-corrected chi connectivity index (χ3v) is 5.96. The third kappa shape index (κ3) is 8.39. The molecule has 8 nitrogen and oxygen atoms in total. The number of nitrogens with one attached hydrogen (secondary N) is 2. The van der Waals surface area contributed by atoms with E-state index in [0.717, 1.165) is 16.7 Å². The summed E-state index contributed by atoms with van der Waals surface area (Å²) in [5, 5.41) is 29.7. The molecular weight excluding hydrogens is 476 g/mol. The number of aliphatic hydroxyl groups is 2. The first kappa shape index (κ1) is 27.2. The molecule has 2 unspecified atom stereocenters. The van der Waals surface area contributed by atoms with Crippen LogP contribution in [0.2, 0.25) is 0 Å². The second-order valence-electron chi connectivity index (χ2n) is 8.86. The fourth-order valence-corrected chi connectivity index (χ4v) is 4.52. The van der Waals surface area contributed by atoms with E-state index in [1.165, 1.54) is 11.3 Å². The van der Waals surface area contributed by atoms with E-state index >= 15 is 0 Å². The Kier molecular flexibility index (Phi) is 9.89. The zero-order valence-corrected chi connectivity index (χ0v) is 21.5. The van der Waals surface area contributed by atoms with E-state index in [2.05, 4.69) is 15.8 Å². The van der Waals surface area contributed by atoms with Crippen molar-refractivity contribution in [3.8, 4) is 0 Å². The van der Waals surface area contributed by atoms with Crippen molar-refractivity contribution in [1.29, 1.82) is 0 Å². The van der Waals surface area contributed by atoms with Gasteiger partial charge in [-0.1, -0.05) is 42.0 Å². The van der Waals surface area contributed by atoms with Crippen molar-refractivity contribution in [2.45, 2.75) is 39.5 Å². The summed E-state index contributed by atoms with van der Waals surface area (Å²) < 4.78 is 0. The van der Waals surface area contributed by atoms with Gasteiger partial charge in [0, 0.05) is 36.0 Å². The molecule has 2 atom stereocenters. The summed E-state index contributed by atoms with van der Waals surface area (Å²) in [5.74, 6) is -0.763. The SMILES string of the molecule is Cc1cccc(/C=N/NC(=O)c2cscc2NC(=O)c2cccc(CN(CC(C)O)CC(C)O)c2)c1. The molecule has 1 aromatic heterocycles. The number of aryl methyl sites for hydroxylation is 1. The number of anilines is 1. The van der Waals surface area contributed by atoms with E-state index < -0.39 is 18.1 Å². The van der Waals surface area contributed by atoms with Crippen molar-refractivity contribution in [3.63, 3.8) is 0 Å². The number of benzene rings is 2. The number of carbonyl (C=O) groups excluding carboxylic acids is 2. The van der Waals surface area contributed by atoms with E-state index in [9.17, 15) is 19.8 Å². The maximum atomic E-state index is 12.9. The Morgan fingerprint density at radius 1 is 1.03 bits per heavy atom. The summed E-state index contributed by atoms with van der Waals surface area (Å²) in [4.78, 5) is 27.5. The molecular formula is C27H32N4O4S. The van der Waals surface area contributed by atoms with E-state index in [0.29, 0.717) is 36.4 Å². The summed E-state index contributed by atoms with van der Waals surface area (Å²) in [6.45, 7) is 6.65. The molecule has 3 aromatic rings. The second kappa shape index (κ2) is 13.1. The van der Waals surface area contributed by atoms with E-state index in [4.69, 9.17) is 0 Å². The van der Waals surface area contributed by atoms with Crippen LogP contribution >= 0.6 is 11.3 Å². The average Bonchev–Trinajstić information content (AvgIpc) is 3.26. The van der Waals surface area contributed by atoms with Gasteiger partial charge in [0.1, 0.15) is 0 Å². The van der Waals surface area contributed by atoms with Crippen LogP contribution in [0.25, 0.3) is 0 Å². The Morgan fingerprint density at radius 3 is 2.44 bits per heavy atom. The zero-order chi connectivity index (χ0) is 26.1. The van der Waals surface area contributed by atoms with Crippen LogP contribution in [0, 0.1) is 6.92 Å². The molecule has 1 heterocycles. The number of carbonyl (C=O) groups is 2. The molecule has 0 aliphatic heterocycles. The van der Waals surface area contributed by atoms with Gasteiger partial charge in [0.15, 0.2) is 0 Å². The van der Waals surface area contributed by atoms with Gasteiger partial charge in [-0.05, 0) is 44.0 Å². The fraction of sp³-hybridized carbons (Fsp3) is 0.296. The van der Waals surface area contributed by atoms with Gasteiger partial charge in [0.05, 0.1) is 29.7 Å². The number of amides is 2. The van der Waals surface area contributed by atoms with Gasteiger partial charge in [-0.25, -0.2) is 5.43 Å². The number of nitrogens with zero attached hydrogens (tertiary/aromatic N) is 2. The van der Waals surface area contributed by atoms with Crippen molar-refractivity contribution in [1.82, 2.24) is 10.3 Å². The minimum atomic E-state index is -0.542. The lowest BCUT2D eigenvalue weighted by Crippen LogP contribution is -2.35. The van der Waals surface area contributed by atoms with Gasteiger partial charge in [-0.3, -0.25) is 14.5 Å². The molecule has 0 aliphatic rings. The van der Waals surface area contributed by atoms with Gasteiger partial charge in [0.25, 0.3) is 11.8 Å². The molecule has 0 bridgehead atoms. The maximum Gasteiger partial charge on any atom is 0.274 e. The predicted molar refractivity (Wildman–Crippen MR) is 144 cm³/mol. The van der Waals surface area contributed by atoms with Crippen LogP contribution in [0.3, 0.4) is 0 Å². The Bertz CT molecular complexity index is 1200. The van der Waals surface area contributed by atoms with Crippen LogP contribution in [0.4, 0.5) is 5.69 Å². The fourth-order valence-electron chi connectivity index (χ4n) is 3.76. The minimum Gasteiger partial charge on any atom is -0.392 e. The van der Waals surface area contributed by atoms with Crippen LogP contribution in [-0.2, 0) is 6.54 Å². The summed E-state index contributed by atoms with van der Waals surface area (Å²) in [7, 11) is 0. The molecule has 190 valence electrons. The zero-order valence-electron chi connectivity index (χ0n) is 20.6.